The van der Waals surface area contributed by atoms with Crippen LogP contribution in [0.1, 0.15) is 39.3 Å². The third-order valence-electron chi connectivity index (χ3n) is 3.60. The number of nitrogens with zero attached hydrogens (tertiary/aromatic N) is 4. The second-order valence-electron chi connectivity index (χ2n) is 5.92. The molecule has 0 bridgehead atoms. The van der Waals surface area contributed by atoms with E-state index in [0.717, 1.165) is 25.9 Å². The fourth-order valence-electron chi connectivity index (χ4n) is 2.15. The molecule has 1 amide bonds. The number of amides is 1. The van der Waals surface area contributed by atoms with Gasteiger partial charge in [-0.1, -0.05) is 12.1 Å². The number of aromatic nitrogens is 3. The summed E-state index contributed by atoms with van der Waals surface area (Å²) in [4.78, 5) is 14.0. The molecule has 2 heterocycles. The van der Waals surface area contributed by atoms with E-state index < -0.39 is 5.60 Å². The summed E-state index contributed by atoms with van der Waals surface area (Å²) in [6.45, 7) is 7.36. The van der Waals surface area contributed by atoms with E-state index in [-0.39, 0.29) is 12.5 Å². The van der Waals surface area contributed by atoms with Crippen LogP contribution in [-0.2, 0) is 16.9 Å². The van der Waals surface area contributed by atoms with Crippen LogP contribution in [0.4, 0.5) is 0 Å². The molecule has 1 aromatic rings. The molecule has 0 saturated carbocycles. The van der Waals surface area contributed by atoms with E-state index in [1.807, 2.05) is 4.90 Å². The maximum Gasteiger partial charge on any atom is 0.244 e. The lowest BCUT2D eigenvalue weighted by Gasteiger charge is -2.30. The summed E-state index contributed by atoms with van der Waals surface area (Å²) in [6.07, 6.45) is 3.76. The summed E-state index contributed by atoms with van der Waals surface area (Å²) < 4.78 is 1.49. The fourth-order valence-corrected chi connectivity index (χ4v) is 2.15. The van der Waals surface area contributed by atoms with Crippen molar-refractivity contribution in [1.82, 2.24) is 19.9 Å². The average molecular weight is 266 g/mol. The summed E-state index contributed by atoms with van der Waals surface area (Å²) in [5, 5.41) is 17.6. The summed E-state index contributed by atoms with van der Waals surface area (Å²) in [5.41, 5.74) is -0.547. The Morgan fingerprint density at radius 3 is 2.63 bits per heavy atom. The first-order chi connectivity index (χ1) is 8.86. The smallest absolute Gasteiger partial charge is 0.244 e. The number of carbonyl (C=O) groups excluding carboxylic acids is 1. The monoisotopic (exact) mass is 266 g/mol. The van der Waals surface area contributed by atoms with Crippen LogP contribution in [0, 0.1) is 5.92 Å². The Bertz CT molecular complexity index is 442. The van der Waals surface area contributed by atoms with Crippen molar-refractivity contribution in [1.29, 1.82) is 0 Å². The SMILES string of the molecule is CC1CCN(C(=O)Cn2cc(C(C)(C)O)nn2)CC1. The van der Waals surface area contributed by atoms with E-state index in [9.17, 15) is 9.90 Å². The normalized spacial score (nSPS) is 17.8. The van der Waals surface area contributed by atoms with Crippen LogP contribution in [0.5, 0.6) is 0 Å². The summed E-state index contributed by atoms with van der Waals surface area (Å²) >= 11 is 0. The first-order valence-electron chi connectivity index (χ1n) is 6.77. The summed E-state index contributed by atoms with van der Waals surface area (Å²) in [5.74, 6) is 0.774. The highest BCUT2D eigenvalue weighted by atomic mass is 16.3. The van der Waals surface area contributed by atoms with E-state index in [4.69, 9.17) is 0 Å². The molecule has 6 heteroatoms. The first kappa shape index (κ1) is 14.0. The number of carbonyl (C=O) groups is 1. The van der Waals surface area contributed by atoms with Crippen LogP contribution < -0.4 is 0 Å². The van der Waals surface area contributed by atoms with Gasteiger partial charge in [-0.2, -0.15) is 0 Å². The average Bonchev–Trinajstić information content (AvgIpc) is 2.78. The van der Waals surface area contributed by atoms with Gasteiger partial charge in [-0.15, -0.1) is 5.10 Å². The molecule has 2 rings (SSSR count). The molecule has 106 valence electrons. The molecular weight excluding hydrogens is 244 g/mol. The second kappa shape index (κ2) is 5.28. The third kappa shape index (κ3) is 3.53. The van der Waals surface area contributed by atoms with Gasteiger partial charge in [-0.3, -0.25) is 4.79 Å². The van der Waals surface area contributed by atoms with Gasteiger partial charge in [0.1, 0.15) is 17.8 Å². The molecule has 1 aliphatic rings. The quantitative estimate of drug-likeness (QED) is 0.877. The van der Waals surface area contributed by atoms with Gasteiger partial charge in [-0.05, 0) is 32.6 Å². The Balaban J connectivity index is 1.94. The molecule has 1 aliphatic heterocycles. The Labute approximate surface area is 113 Å². The van der Waals surface area contributed by atoms with Crippen LogP contribution >= 0.6 is 0 Å². The van der Waals surface area contributed by atoms with Gasteiger partial charge in [0.15, 0.2) is 0 Å². The number of piperidine rings is 1. The van der Waals surface area contributed by atoms with Crippen LogP contribution in [-0.4, -0.2) is 44.0 Å². The molecule has 0 radical (unpaired) electrons. The Morgan fingerprint density at radius 2 is 2.11 bits per heavy atom. The van der Waals surface area contributed by atoms with Crippen molar-refractivity contribution in [3.8, 4) is 0 Å². The number of rotatable bonds is 3. The zero-order valence-electron chi connectivity index (χ0n) is 11.8. The molecule has 0 atom stereocenters. The highest BCUT2D eigenvalue weighted by molar-refractivity contribution is 5.75. The molecule has 0 spiro atoms. The molecule has 6 nitrogen and oxygen atoms in total. The minimum Gasteiger partial charge on any atom is -0.384 e. The van der Waals surface area contributed by atoms with Gasteiger partial charge >= 0.3 is 0 Å². The van der Waals surface area contributed by atoms with Crippen molar-refractivity contribution in [2.45, 2.75) is 45.8 Å². The molecule has 1 saturated heterocycles. The topological polar surface area (TPSA) is 71.2 Å². The van der Waals surface area contributed by atoms with Crippen molar-refractivity contribution in [2.75, 3.05) is 13.1 Å². The van der Waals surface area contributed by atoms with Gasteiger partial charge in [-0.25, -0.2) is 4.68 Å². The molecule has 0 unspecified atom stereocenters. The highest BCUT2D eigenvalue weighted by Gasteiger charge is 2.23. The minimum absolute atomic E-state index is 0.0686. The summed E-state index contributed by atoms with van der Waals surface area (Å²) in [6, 6.07) is 0. The minimum atomic E-state index is -1.03. The first-order valence-corrected chi connectivity index (χ1v) is 6.77. The predicted molar refractivity (Wildman–Crippen MR) is 70.2 cm³/mol. The van der Waals surface area contributed by atoms with E-state index in [1.54, 1.807) is 20.0 Å². The van der Waals surface area contributed by atoms with Gasteiger partial charge in [0.05, 0.1) is 6.20 Å². The molecule has 0 aliphatic carbocycles. The largest absolute Gasteiger partial charge is 0.384 e. The molecule has 19 heavy (non-hydrogen) atoms. The van der Waals surface area contributed by atoms with Crippen molar-refractivity contribution in [3.63, 3.8) is 0 Å². The van der Waals surface area contributed by atoms with E-state index in [2.05, 4.69) is 17.2 Å². The Kier molecular flexibility index (Phi) is 3.89. The lowest BCUT2D eigenvalue weighted by Crippen LogP contribution is -2.39. The van der Waals surface area contributed by atoms with Gasteiger partial charge in [0, 0.05) is 13.1 Å². The zero-order valence-corrected chi connectivity index (χ0v) is 11.8. The zero-order chi connectivity index (χ0) is 14.0. The second-order valence-corrected chi connectivity index (χ2v) is 5.92. The van der Waals surface area contributed by atoms with Crippen LogP contribution in [0.3, 0.4) is 0 Å². The van der Waals surface area contributed by atoms with E-state index in [0.29, 0.717) is 11.6 Å². The summed E-state index contributed by atoms with van der Waals surface area (Å²) in [7, 11) is 0. The predicted octanol–water partition coefficient (Wildman–Crippen LogP) is 0.764. The van der Waals surface area contributed by atoms with Crippen molar-refractivity contribution >= 4 is 5.91 Å². The molecule has 0 aromatic carbocycles. The molecule has 1 N–H and O–H groups in total. The Morgan fingerprint density at radius 1 is 1.47 bits per heavy atom. The van der Waals surface area contributed by atoms with Crippen molar-refractivity contribution in [3.05, 3.63) is 11.9 Å². The standard InChI is InChI=1S/C13H22N4O2/c1-10-4-6-16(7-5-10)12(18)9-17-8-11(14-15-17)13(2,3)19/h8,10,19H,4-7,9H2,1-3H3. The molecule has 1 aromatic heterocycles. The van der Waals surface area contributed by atoms with Gasteiger partial charge < -0.3 is 10.0 Å². The van der Waals surface area contributed by atoms with Crippen LogP contribution in [0.25, 0.3) is 0 Å². The highest BCUT2D eigenvalue weighted by Crippen LogP contribution is 2.17. The molecule has 1 fully saturated rings. The van der Waals surface area contributed by atoms with Gasteiger partial charge in [0.25, 0.3) is 0 Å². The number of hydrogen-bond acceptors (Lipinski definition) is 4. The van der Waals surface area contributed by atoms with Crippen molar-refractivity contribution < 1.29 is 9.90 Å². The van der Waals surface area contributed by atoms with E-state index in [1.165, 1.54) is 4.68 Å². The lowest BCUT2D eigenvalue weighted by atomic mass is 9.99. The van der Waals surface area contributed by atoms with Crippen LogP contribution in [0.2, 0.25) is 0 Å². The Hall–Kier alpha value is -1.43. The van der Waals surface area contributed by atoms with E-state index >= 15 is 0 Å². The fraction of sp³-hybridized carbons (Fsp3) is 0.769. The van der Waals surface area contributed by atoms with Gasteiger partial charge in [0.2, 0.25) is 5.91 Å². The lowest BCUT2D eigenvalue weighted by molar-refractivity contribution is -0.133. The molecular formula is C13H22N4O2. The number of hydrogen-bond donors (Lipinski definition) is 1. The van der Waals surface area contributed by atoms with Crippen molar-refractivity contribution in [2.24, 2.45) is 5.92 Å². The maximum absolute atomic E-state index is 12.1. The number of likely N-dealkylation sites (tertiary alicyclic amines) is 1. The van der Waals surface area contributed by atoms with Crippen LogP contribution in [0.15, 0.2) is 6.20 Å². The third-order valence-corrected chi connectivity index (χ3v) is 3.60. The number of aliphatic hydroxyl groups is 1. The maximum atomic E-state index is 12.1.